The average Bonchev–Trinajstić information content (AvgIpc) is 2.62. The molecule has 0 spiro atoms. The lowest BCUT2D eigenvalue weighted by molar-refractivity contribution is 0.300. The molecular weight excluding hydrogens is 134 g/mol. The van der Waals surface area contributed by atoms with E-state index in [4.69, 9.17) is 0 Å². The first-order chi connectivity index (χ1) is 5.34. The molecule has 0 aromatic carbocycles. The first kappa shape index (κ1) is 7.60. The summed E-state index contributed by atoms with van der Waals surface area (Å²) in [6.45, 7) is 2.34. The summed E-state index contributed by atoms with van der Waals surface area (Å²) in [4.78, 5) is 0. The molecule has 1 unspecified atom stereocenters. The molecule has 0 amide bonds. The Labute approximate surface area is 69.6 Å². The van der Waals surface area contributed by atoms with Crippen LogP contribution < -0.4 is 5.32 Å². The fraction of sp³-hybridized carbons (Fsp3) is 1.00. The van der Waals surface area contributed by atoms with Crippen LogP contribution in [0.2, 0.25) is 0 Å². The molecular formula is C10H19N. The average molecular weight is 153 g/mol. The zero-order chi connectivity index (χ0) is 7.68. The van der Waals surface area contributed by atoms with Gasteiger partial charge in [0, 0.05) is 12.1 Å². The van der Waals surface area contributed by atoms with E-state index in [1.54, 1.807) is 0 Å². The number of nitrogens with one attached hydrogen (secondary N) is 1. The Bertz CT molecular complexity index is 125. The molecule has 2 aliphatic carbocycles. The third-order valence-electron chi connectivity index (χ3n) is 3.01. The molecule has 1 N–H and O–H groups in total. The van der Waals surface area contributed by atoms with E-state index in [1.165, 1.54) is 38.5 Å². The van der Waals surface area contributed by atoms with E-state index in [2.05, 4.69) is 12.2 Å². The minimum Gasteiger partial charge on any atom is -0.311 e. The monoisotopic (exact) mass is 153 g/mol. The molecule has 0 saturated heterocycles. The molecule has 1 heteroatoms. The van der Waals surface area contributed by atoms with Crippen molar-refractivity contribution in [3.05, 3.63) is 0 Å². The highest BCUT2D eigenvalue weighted by Gasteiger charge is 2.25. The predicted octanol–water partition coefficient (Wildman–Crippen LogP) is 2.32. The Morgan fingerprint density at radius 2 is 2.00 bits per heavy atom. The van der Waals surface area contributed by atoms with E-state index in [0.717, 1.165) is 18.0 Å². The molecule has 0 aliphatic heterocycles. The van der Waals surface area contributed by atoms with E-state index in [9.17, 15) is 0 Å². The highest BCUT2D eigenvalue weighted by atomic mass is 15.0. The van der Waals surface area contributed by atoms with Gasteiger partial charge in [0.15, 0.2) is 0 Å². The number of rotatable bonds is 4. The lowest BCUT2D eigenvalue weighted by atomic mass is 9.92. The van der Waals surface area contributed by atoms with E-state index >= 15 is 0 Å². The van der Waals surface area contributed by atoms with Crippen molar-refractivity contribution < 1.29 is 0 Å². The minimum absolute atomic E-state index is 0.785. The van der Waals surface area contributed by atoms with Gasteiger partial charge in [0.1, 0.15) is 0 Å². The van der Waals surface area contributed by atoms with Crippen molar-refractivity contribution in [2.75, 3.05) is 0 Å². The summed E-state index contributed by atoms with van der Waals surface area (Å²) in [6.07, 6.45) is 8.72. The molecule has 11 heavy (non-hydrogen) atoms. The van der Waals surface area contributed by atoms with Crippen molar-refractivity contribution in [2.24, 2.45) is 5.92 Å². The molecule has 0 aromatic rings. The fourth-order valence-corrected chi connectivity index (χ4v) is 1.90. The molecule has 0 bridgehead atoms. The van der Waals surface area contributed by atoms with Gasteiger partial charge in [-0.1, -0.05) is 19.3 Å². The third kappa shape index (κ3) is 2.19. The maximum atomic E-state index is 3.69. The maximum absolute atomic E-state index is 3.69. The summed E-state index contributed by atoms with van der Waals surface area (Å²) in [5.74, 6) is 1.08. The van der Waals surface area contributed by atoms with Crippen LogP contribution in [0.1, 0.15) is 45.4 Å². The molecule has 1 nitrogen and oxygen atoms in total. The van der Waals surface area contributed by atoms with E-state index in [1.807, 2.05) is 0 Å². The smallest absolute Gasteiger partial charge is 0.00695 e. The van der Waals surface area contributed by atoms with Gasteiger partial charge in [0.25, 0.3) is 0 Å². The van der Waals surface area contributed by atoms with Gasteiger partial charge >= 0.3 is 0 Å². The Kier molecular flexibility index (Phi) is 2.17. The van der Waals surface area contributed by atoms with Gasteiger partial charge in [-0.2, -0.15) is 0 Å². The first-order valence-electron chi connectivity index (χ1n) is 5.10. The SMILES string of the molecule is CC(CC1CC1)NC1CCC1. The summed E-state index contributed by atoms with van der Waals surface area (Å²) in [5, 5.41) is 3.69. The third-order valence-corrected chi connectivity index (χ3v) is 3.01. The van der Waals surface area contributed by atoms with Gasteiger partial charge in [0.2, 0.25) is 0 Å². The van der Waals surface area contributed by atoms with Crippen molar-refractivity contribution in [1.82, 2.24) is 5.32 Å². The molecule has 2 rings (SSSR count). The zero-order valence-electron chi connectivity index (χ0n) is 7.47. The van der Waals surface area contributed by atoms with Crippen LogP contribution in [0.5, 0.6) is 0 Å². The Morgan fingerprint density at radius 1 is 1.27 bits per heavy atom. The summed E-state index contributed by atoms with van der Waals surface area (Å²) in [6, 6.07) is 1.66. The second kappa shape index (κ2) is 3.14. The normalized spacial score (nSPS) is 28.1. The van der Waals surface area contributed by atoms with Crippen LogP contribution in [0.3, 0.4) is 0 Å². The van der Waals surface area contributed by atoms with E-state index < -0.39 is 0 Å². The van der Waals surface area contributed by atoms with Crippen LogP contribution in [0, 0.1) is 5.92 Å². The lowest BCUT2D eigenvalue weighted by Crippen LogP contribution is -2.41. The second-order valence-corrected chi connectivity index (χ2v) is 4.37. The van der Waals surface area contributed by atoms with Crippen LogP contribution in [-0.4, -0.2) is 12.1 Å². The Morgan fingerprint density at radius 3 is 2.45 bits per heavy atom. The van der Waals surface area contributed by atoms with Gasteiger partial charge in [0.05, 0.1) is 0 Å². The van der Waals surface area contributed by atoms with Crippen molar-refractivity contribution in [3.8, 4) is 0 Å². The molecule has 64 valence electrons. The lowest BCUT2D eigenvalue weighted by Gasteiger charge is -2.30. The summed E-state index contributed by atoms with van der Waals surface area (Å²) < 4.78 is 0. The van der Waals surface area contributed by atoms with Crippen molar-refractivity contribution in [1.29, 1.82) is 0 Å². The number of hydrogen-bond acceptors (Lipinski definition) is 1. The van der Waals surface area contributed by atoms with Crippen molar-refractivity contribution >= 4 is 0 Å². The Balaban J connectivity index is 1.59. The summed E-state index contributed by atoms with van der Waals surface area (Å²) in [5.41, 5.74) is 0. The molecule has 2 saturated carbocycles. The largest absolute Gasteiger partial charge is 0.311 e. The Hall–Kier alpha value is -0.0400. The maximum Gasteiger partial charge on any atom is 0.00695 e. The van der Waals surface area contributed by atoms with Crippen molar-refractivity contribution in [2.45, 2.75) is 57.5 Å². The molecule has 2 fully saturated rings. The minimum atomic E-state index is 0.785. The van der Waals surface area contributed by atoms with Gasteiger partial charge in [-0.3, -0.25) is 0 Å². The molecule has 0 radical (unpaired) electrons. The molecule has 0 heterocycles. The van der Waals surface area contributed by atoms with Crippen LogP contribution >= 0.6 is 0 Å². The van der Waals surface area contributed by atoms with Crippen LogP contribution in [0.25, 0.3) is 0 Å². The van der Waals surface area contributed by atoms with Gasteiger partial charge in [-0.25, -0.2) is 0 Å². The van der Waals surface area contributed by atoms with Crippen molar-refractivity contribution in [3.63, 3.8) is 0 Å². The molecule has 0 aromatic heterocycles. The molecule has 1 atom stereocenters. The topological polar surface area (TPSA) is 12.0 Å². The fourth-order valence-electron chi connectivity index (χ4n) is 1.90. The van der Waals surface area contributed by atoms with Gasteiger partial charge < -0.3 is 5.32 Å². The number of hydrogen-bond donors (Lipinski definition) is 1. The quantitative estimate of drug-likeness (QED) is 0.653. The first-order valence-corrected chi connectivity index (χ1v) is 5.10. The van der Waals surface area contributed by atoms with Crippen LogP contribution in [-0.2, 0) is 0 Å². The highest BCUT2D eigenvalue weighted by Crippen LogP contribution is 2.33. The van der Waals surface area contributed by atoms with E-state index in [-0.39, 0.29) is 0 Å². The zero-order valence-corrected chi connectivity index (χ0v) is 7.47. The van der Waals surface area contributed by atoms with E-state index in [0.29, 0.717) is 0 Å². The predicted molar refractivity (Wildman–Crippen MR) is 47.6 cm³/mol. The van der Waals surface area contributed by atoms with Crippen LogP contribution in [0.15, 0.2) is 0 Å². The molecule has 2 aliphatic rings. The summed E-state index contributed by atoms with van der Waals surface area (Å²) >= 11 is 0. The van der Waals surface area contributed by atoms with Gasteiger partial charge in [-0.05, 0) is 32.1 Å². The standard InChI is InChI=1S/C10H19N/c1-8(7-9-5-6-9)11-10-3-2-4-10/h8-11H,2-7H2,1H3. The summed E-state index contributed by atoms with van der Waals surface area (Å²) in [7, 11) is 0. The van der Waals surface area contributed by atoms with Gasteiger partial charge in [-0.15, -0.1) is 0 Å². The second-order valence-electron chi connectivity index (χ2n) is 4.37. The van der Waals surface area contributed by atoms with Crippen LogP contribution in [0.4, 0.5) is 0 Å². The highest BCUT2D eigenvalue weighted by molar-refractivity contribution is 4.83.